The second-order valence-corrected chi connectivity index (χ2v) is 11.3. The summed E-state index contributed by atoms with van der Waals surface area (Å²) >= 11 is 0. The zero-order valence-corrected chi connectivity index (χ0v) is 23.5. The van der Waals surface area contributed by atoms with Crippen molar-refractivity contribution in [3.05, 3.63) is 81.4 Å². The smallest absolute Gasteiger partial charge is 0.253 e. The molecular formula is C30H38N6O3. The highest BCUT2D eigenvalue weighted by Gasteiger charge is 2.35. The molecule has 0 bridgehead atoms. The lowest BCUT2D eigenvalue weighted by Gasteiger charge is -2.34. The molecule has 0 aliphatic carbocycles. The van der Waals surface area contributed by atoms with E-state index in [9.17, 15) is 4.79 Å². The van der Waals surface area contributed by atoms with Gasteiger partial charge >= 0.3 is 0 Å². The molecule has 1 saturated heterocycles. The average molecular weight is 531 g/mol. The van der Waals surface area contributed by atoms with E-state index in [1.54, 1.807) is 0 Å². The van der Waals surface area contributed by atoms with E-state index >= 15 is 0 Å². The minimum atomic E-state index is -0.496. The number of pyridine rings is 1. The van der Waals surface area contributed by atoms with Crippen LogP contribution in [0.25, 0.3) is 10.9 Å². The summed E-state index contributed by atoms with van der Waals surface area (Å²) in [5.74, 6) is 1.46. The average Bonchev–Trinajstić information content (AvgIpc) is 3.58. The highest BCUT2D eigenvalue weighted by molar-refractivity contribution is 5.79. The van der Waals surface area contributed by atoms with Gasteiger partial charge in [-0.2, -0.15) is 0 Å². The van der Waals surface area contributed by atoms with Crippen LogP contribution in [-0.2, 0) is 16.8 Å². The maximum absolute atomic E-state index is 13.7. The van der Waals surface area contributed by atoms with Gasteiger partial charge in [0.1, 0.15) is 11.8 Å². The van der Waals surface area contributed by atoms with Crippen molar-refractivity contribution in [3.63, 3.8) is 0 Å². The zero-order valence-electron chi connectivity index (χ0n) is 23.5. The number of aryl methyl sites for hydroxylation is 1. The van der Waals surface area contributed by atoms with Crippen molar-refractivity contribution in [1.29, 1.82) is 0 Å². The first-order chi connectivity index (χ1) is 18.7. The summed E-state index contributed by atoms with van der Waals surface area (Å²) < 4.78 is 13.6. The van der Waals surface area contributed by atoms with Crippen molar-refractivity contribution < 1.29 is 9.47 Å². The summed E-state index contributed by atoms with van der Waals surface area (Å²) in [6.45, 7) is 12.8. The summed E-state index contributed by atoms with van der Waals surface area (Å²) in [5.41, 5.74) is 3.09. The molecule has 1 aliphatic rings. The third-order valence-electron chi connectivity index (χ3n) is 7.15. The Hall–Kier alpha value is -3.56. The predicted molar refractivity (Wildman–Crippen MR) is 151 cm³/mol. The van der Waals surface area contributed by atoms with Crippen molar-refractivity contribution in [1.82, 2.24) is 30.1 Å². The standard InChI is InChI=1S/C30H38N6O3/c1-6-38-23-13-10-21(11-14-23)18-35(19-24-8-7-15-39-24)27(28-32-33-34-36(28)30(3,4)5)25-17-22-12-9-20(2)16-26(22)31-29(25)37/h9-14,16-17,24,27H,6-8,15,18-19H2,1-5H3,(H,31,37)/t24-,27+/m0/s1. The number of aromatic amines is 1. The summed E-state index contributed by atoms with van der Waals surface area (Å²) in [6, 6.07) is 15.7. The molecule has 9 heteroatoms. The quantitative estimate of drug-likeness (QED) is 0.334. The molecule has 9 nitrogen and oxygen atoms in total. The van der Waals surface area contributed by atoms with Crippen molar-refractivity contribution in [3.8, 4) is 5.75 Å². The van der Waals surface area contributed by atoms with Gasteiger partial charge in [-0.15, -0.1) is 5.10 Å². The Labute approximate surface area is 229 Å². The highest BCUT2D eigenvalue weighted by Crippen LogP contribution is 2.32. The van der Waals surface area contributed by atoms with Crippen LogP contribution in [0.5, 0.6) is 5.75 Å². The molecule has 206 valence electrons. The maximum atomic E-state index is 13.7. The molecule has 0 radical (unpaired) electrons. The highest BCUT2D eigenvalue weighted by atomic mass is 16.5. The van der Waals surface area contributed by atoms with Gasteiger partial charge in [-0.3, -0.25) is 9.69 Å². The Kier molecular flexibility index (Phi) is 7.81. The molecule has 1 aliphatic heterocycles. The van der Waals surface area contributed by atoms with E-state index in [0.717, 1.165) is 47.2 Å². The molecule has 5 rings (SSSR count). The summed E-state index contributed by atoms with van der Waals surface area (Å²) in [7, 11) is 0. The van der Waals surface area contributed by atoms with E-state index in [1.807, 2.05) is 48.9 Å². The largest absolute Gasteiger partial charge is 0.494 e. The fourth-order valence-electron chi connectivity index (χ4n) is 5.28. The minimum absolute atomic E-state index is 0.0661. The van der Waals surface area contributed by atoms with Gasteiger partial charge in [0.2, 0.25) is 0 Å². The first-order valence-electron chi connectivity index (χ1n) is 13.7. The summed E-state index contributed by atoms with van der Waals surface area (Å²) in [5, 5.41) is 13.9. The van der Waals surface area contributed by atoms with Crippen LogP contribution >= 0.6 is 0 Å². The monoisotopic (exact) mass is 530 g/mol. The van der Waals surface area contributed by atoms with Gasteiger partial charge in [0.25, 0.3) is 5.56 Å². The predicted octanol–water partition coefficient (Wildman–Crippen LogP) is 4.75. The fraction of sp³-hybridized carbons (Fsp3) is 0.467. The lowest BCUT2D eigenvalue weighted by Crippen LogP contribution is -2.40. The first-order valence-corrected chi connectivity index (χ1v) is 13.7. The number of ether oxygens (including phenoxy) is 2. The van der Waals surface area contributed by atoms with Crippen LogP contribution in [-0.4, -0.2) is 56.0 Å². The van der Waals surface area contributed by atoms with Crippen LogP contribution in [0.4, 0.5) is 0 Å². The van der Waals surface area contributed by atoms with Gasteiger partial charge in [0.05, 0.1) is 18.2 Å². The number of fused-ring (bicyclic) bond motifs is 1. The van der Waals surface area contributed by atoms with Gasteiger partial charge < -0.3 is 14.5 Å². The van der Waals surface area contributed by atoms with Crippen molar-refractivity contribution in [2.24, 2.45) is 0 Å². The van der Waals surface area contributed by atoms with Crippen molar-refractivity contribution >= 4 is 10.9 Å². The lowest BCUT2D eigenvalue weighted by atomic mass is 10.00. The summed E-state index contributed by atoms with van der Waals surface area (Å²) in [6.07, 6.45) is 2.07. The number of hydrogen-bond donors (Lipinski definition) is 1. The Morgan fingerprint density at radius 1 is 1.18 bits per heavy atom. The Bertz CT molecular complexity index is 1460. The molecular weight excluding hydrogens is 492 g/mol. The molecule has 1 fully saturated rings. The topological polar surface area (TPSA) is 98.2 Å². The molecule has 2 atom stereocenters. The third-order valence-corrected chi connectivity index (χ3v) is 7.15. The normalized spacial score (nSPS) is 16.7. The Morgan fingerprint density at radius 2 is 1.97 bits per heavy atom. The lowest BCUT2D eigenvalue weighted by molar-refractivity contribution is 0.0564. The van der Waals surface area contributed by atoms with Crippen LogP contribution in [0, 0.1) is 6.92 Å². The molecule has 1 N–H and O–H groups in total. The van der Waals surface area contributed by atoms with Crippen molar-refractivity contribution in [2.45, 2.75) is 71.7 Å². The van der Waals surface area contributed by atoms with E-state index < -0.39 is 6.04 Å². The van der Waals surface area contributed by atoms with Crippen LogP contribution in [0.3, 0.4) is 0 Å². The second-order valence-electron chi connectivity index (χ2n) is 11.3. The number of nitrogens with one attached hydrogen (secondary N) is 1. The van der Waals surface area contributed by atoms with Crippen LogP contribution < -0.4 is 10.3 Å². The van der Waals surface area contributed by atoms with E-state index in [1.165, 1.54) is 0 Å². The van der Waals surface area contributed by atoms with E-state index in [-0.39, 0.29) is 17.2 Å². The third kappa shape index (κ3) is 6.04. The number of benzene rings is 2. The number of nitrogens with zero attached hydrogens (tertiary/aromatic N) is 5. The van der Waals surface area contributed by atoms with Crippen LogP contribution in [0.1, 0.15) is 69.1 Å². The molecule has 2 aromatic carbocycles. The number of hydrogen-bond acceptors (Lipinski definition) is 7. The number of rotatable bonds is 9. The second kappa shape index (κ2) is 11.3. The molecule has 39 heavy (non-hydrogen) atoms. The zero-order chi connectivity index (χ0) is 27.6. The fourth-order valence-corrected chi connectivity index (χ4v) is 5.28. The number of aromatic nitrogens is 5. The van der Waals surface area contributed by atoms with E-state index in [2.05, 4.69) is 64.4 Å². The minimum Gasteiger partial charge on any atom is -0.494 e. The molecule has 4 aromatic rings. The maximum Gasteiger partial charge on any atom is 0.253 e. The van der Waals surface area contributed by atoms with E-state index in [4.69, 9.17) is 9.47 Å². The van der Waals surface area contributed by atoms with Crippen LogP contribution in [0.2, 0.25) is 0 Å². The van der Waals surface area contributed by atoms with Crippen LogP contribution in [0.15, 0.2) is 53.3 Å². The Balaban J connectivity index is 1.65. The summed E-state index contributed by atoms with van der Waals surface area (Å²) in [4.78, 5) is 19.2. The number of H-pyrrole nitrogens is 1. The number of tetrazole rings is 1. The SMILES string of the molecule is CCOc1ccc(CN(C[C@@H]2CCCO2)[C@H](c2cc3ccc(C)cc3[nH]c2=O)c2nnnn2C(C)(C)C)cc1. The molecule has 2 aromatic heterocycles. The molecule has 0 saturated carbocycles. The molecule has 0 unspecified atom stereocenters. The van der Waals surface area contributed by atoms with Gasteiger partial charge in [-0.1, -0.05) is 24.3 Å². The van der Waals surface area contributed by atoms with Crippen molar-refractivity contribution in [2.75, 3.05) is 19.8 Å². The first kappa shape index (κ1) is 27.0. The van der Waals surface area contributed by atoms with Gasteiger partial charge in [-0.25, -0.2) is 4.68 Å². The van der Waals surface area contributed by atoms with Gasteiger partial charge in [-0.05, 0) is 98.7 Å². The molecule has 3 heterocycles. The van der Waals surface area contributed by atoms with Gasteiger partial charge in [0, 0.05) is 30.8 Å². The van der Waals surface area contributed by atoms with Gasteiger partial charge in [0.15, 0.2) is 5.82 Å². The van der Waals surface area contributed by atoms with E-state index in [0.29, 0.717) is 31.1 Å². The Morgan fingerprint density at radius 3 is 2.67 bits per heavy atom. The molecule has 0 spiro atoms. The molecule has 0 amide bonds.